The Balaban J connectivity index is 1.29. The van der Waals surface area contributed by atoms with Crippen molar-refractivity contribution < 1.29 is 9.53 Å². The third kappa shape index (κ3) is 3.68. The molecule has 1 N–H and O–H groups in total. The number of anilines is 1. The highest BCUT2D eigenvalue weighted by atomic mass is 16.5. The minimum absolute atomic E-state index is 0.00134. The van der Waals surface area contributed by atoms with Gasteiger partial charge in [-0.25, -0.2) is 9.97 Å². The Morgan fingerprint density at radius 1 is 1.18 bits per heavy atom. The lowest BCUT2D eigenvalue weighted by Gasteiger charge is -2.44. The monoisotopic (exact) mass is 445 g/mol. The lowest BCUT2D eigenvalue weighted by atomic mass is 9.90. The van der Waals surface area contributed by atoms with Gasteiger partial charge < -0.3 is 19.5 Å². The molecular formula is C26H31N5O2. The van der Waals surface area contributed by atoms with E-state index in [9.17, 15) is 4.79 Å². The molecule has 33 heavy (non-hydrogen) atoms. The lowest BCUT2D eigenvalue weighted by molar-refractivity contribution is -0.145. The predicted octanol–water partition coefficient (Wildman–Crippen LogP) is 4.16. The van der Waals surface area contributed by atoms with Crippen LogP contribution in [0.2, 0.25) is 0 Å². The van der Waals surface area contributed by atoms with Crippen molar-refractivity contribution in [2.75, 3.05) is 25.0 Å². The highest BCUT2D eigenvalue weighted by Gasteiger charge is 2.44. The van der Waals surface area contributed by atoms with Gasteiger partial charge in [0.15, 0.2) is 0 Å². The van der Waals surface area contributed by atoms with Crippen molar-refractivity contribution in [1.29, 1.82) is 0 Å². The fourth-order valence-corrected chi connectivity index (χ4v) is 5.27. The molecule has 2 fully saturated rings. The van der Waals surface area contributed by atoms with E-state index in [1.165, 1.54) is 11.1 Å². The summed E-state index contributed by atoms with van der Waals surface area (Å²) in [5.41, 5.74) is 4.61. The van der Waals surface area contributed by atoms with Crippen molar-refractivity contribution in [2.24, 2.45) is 11.8 Å². The summed E-state index contributed by atoms with van der Waals surface area (Å²) in [7, 11) is 0. The normalized spacial score (nSPS) is 21.5. The second-order valence-electron chi connectivity index (χ2n) is 9.93. The number of benzene rings is 1. The van der Waals surface area contributed by atoms with Gasteiger partial charge >= 0.3 is 0 Å². The molecule has 3 aromatic rings. The number of aryl methyl sites for hydroxylation is 2. The Hall–Kier alpha value is -2.93. The van der Waals surface area contributed by atoms with E-state index < -0.39 is 0 Å². The summed E-state index contributed by atoms with van der Waals surface area (Å²) < 4.78 is 8.55. The zero-order valence-electron chi connectivity index (χ0n) is 19.5. The van der Waals surface area contributed by atoms with Crippen LogP contribution in [0.15, 0.2) is 30.3 Å². The lowest BCUT2D eigenvalue weighted by Crippen LogP contribution is -2.53. The van der Waals surface area contributed by atoms with Crippen LogP contribution in [0.5, 0.6) is 0 Å². The first kappa shape index (κ1) is 20.7. The van der Waals surface area contributed by atoms with Crippen molar-refractivity contribution >= 4 is 22.8 Å². The standard InChI is InChI=1S/C26H31N5O2/c1-15-5-4-6-19(11-15)16(2)27-24-21-12-22-23(20-13-30(14-20)26(32)18-7-8-18)33-10-9-31(22)25(21)29-17(3)28-24/h4-6,11-12,16,18,20,23H,7-10,13-14H2,1-3H3,(H,27,28,29)/t16-,23?/m1/s1. The summed E-state index contributed by atoms with van der Waals surface area (Å²) in [4.78, 5) is 24.0. The summed E-state index contributed by atoms with van der Waals surface area (Å²) >= 11 is 0. The minimum Gasteiger partial charge on any atom is -0.370 e. The number of hydrogen-bond acceptors (Lipinski definition) is 5. The number of rotatable bonds is 5. The van der Waals surface area contributed by atoms with Gasteiger partial charge in [-0.15, -0.1) is 0 Å². The van der Waals surface area contributed by atoms with Gasteiger partial charge in [0.05, 0.1) is 12.0 Å². The molecule has 1 saturated heterocycles. The Kier molecular flexibility index (Phi) is 4.91. The van der Waals surface area contributed by atoms with Gasteiger partial charge in [0.25, 0.3) is 0 Å². The predicted molar refractivity (Wildman–Crippen MR) is 127 cm³/mol. The number of nitrogens with one attached hydrogen (secondary N) is 1. The van der Waals surface area contributed by atoms with E-state index in [-0.39, 0.29) is 18.1 Å². The molecule has 1 aliphatic carbocycles. The summed E-state index contributed by atoms with van der Waals surface area (Å²) in [6.07, 6.45) is 2.12. The Bertz CT molecular complexity index is 1220. The summed E-state index contributed by atoms with van der Waals surface area (Å²) in [5.74, 6) is 2.59. The first-order valence-electron chi connectivity index (χ1n) is 12.1. The molecule has 6 rings (SSSR count). The Morgan fingerprint density at radius 3 is 2.76 bits per heavy atom. The number of amides is 1. The smallest absolute Gasteiger partial charge is 0.225 e. The minimum atomic E-state index is -0.00134. The van der Waals surface area contributed by atoms with Crippen LogP contribution in [0.3, 0.4) is 0 Å². The van der Waals surface area contributed by atoms with E-state index >= 15 is 0 Å². The third-order valence-electron chi connectivity index (χ3n) is 7.27. The highest BCUT2D eigenvalue weighted by Crippen LogP contribution is 2.41. The van der Waals surface area contributed by atoms with Crippen LogP contribution in [0, 0.1) is 25.7 Å². The van der Waals surface area contributed by atoms with E-state index in [1.54, 1.807) is 0 Å². The number of carbonyl (C=O) groups excluding carboxylic acids is 1. The van der Waals surface area contributed by atoms with Crippen LogP contribution < -0.4 is 5.32 Å². The van der Waals surface area contributed by atoms with Gasteiger partial charge in [0.2, 0.25) is 5.91 Å². The van der Waals surface area contributed by atoms with Crippen molar-refractivity contribution in [3.8, 4) is 0 Å². The molecule has 2 aromatic heterocycles. The second-order valence-corrected chi connectivity index (χ2v) is 9.93. The van der Waals surface area contributed by atoms with Crippen molar-refractivity contribution in [3.63, 3.8) is 0 Å². The quantitative estimate of drug-likeness (QED) is 0.638. The number of carbonyl (C=O) groups is 1. The third-order valence-corrected chi connectivity index (χ3v) is 7.27. The topological polar surface area (TPSA) is 72.3 Å². The Labute approximate surface area is 194 Å². The van der Waals surface area contributed by atoms with E-state index in [1.807, 2.05) is 11.8 Å². The molecule has 4 heterocycles. The van der Waals surface area contributed by atoms with E-state index in [0.29, 0.717) is 18.4 Å². The van der Waals surface area contributed by atoms with Crippen molar-refractivity contribution in [3.05, 3.63) is 53.0 Å². The van der Waals surface area contributed by atoms with Crippen LogP contribution in [0.1, 0.15) is 54.6 Å². The maximum atomic E-state index is 12.4. The fourth-order valence-electron chi connectivity index (χ4n) is 5.27. The van der Waals surface area contributed by atoms with E-state index in [4.69, 9.17) is 14.7 Å². The van der Waals surface area contributed by atoms with Gasteiger partial charge in [0.1, 0.15) is 23.4 Å². The van der Waals surface area contributed by atoms with Crippen LogP contribution in [-0.2, 0) is 16.1 Å². The maximum Gasteiger partial charge on any atom is 0.225 e. The average Bonchev–Trinajstić information content (AvgIpc) is 3.54. The zero-order valence-corrected chi connectivity index (χ0v) is 19.5. The summed E-state index contributed by atoms with van der Waals surface area (Å²) in [5, 5.41) is 4.67. The first-order chi connectivity index (χ1) is 16.0. The molecule has 0 bridgehead atoms. The molecule has 1 unspecified atom stereocenters. The molecule has 0 radical (unpaired) electrons. The van der Waals surface area contributed by atoms with E-state index in [2.05, 4.69) is 54.1 Å². The van der Waals surface area contributed by atoms with Gasteiger partial charge in [0, 0.05) is 43.2 Å². The molecule has 7 heteroatoms. The van der Waals surface area contributed by atoms with E-state index in [0.717, 1.165) is 60.8 Å². The number of aromatic nitrogens is 3. The largest absolute Gasteiger partial charge is 0.370 e. The number of nitrogens with zero attached hydrogens (tertiary/aromatic N) is 4. The molecule has 1 amide bonds. The van der Waals surface area contributed by atoms with Gasteiger partial charge in [-0.1, -0.05) is 29.8 Å². The molecule has 2 atom stereocenters. The molecule has 0 spiro atoms. The van der Waals surface area contributed by atoms with Crippen LogP contribution >= 0.6 is 0 Å². The first-order valence-corrected chi connectivity index (χ1v) is 12.1. The van der Waals surface area contributed by atoms with Gasteiger partial charge in [-0.3, -0.25) is 4.79 Å². The summed E-state index contributed by atoms with van der Waals surface area (Å²) in [6, 6.07) is 10.9. The van der Waals surface area contributed by atoms with Crippen molar-refractivity contribution in [2.45, 2.75) is 52.3 Å². The van der Waals surface area contributed by atoms with Crippen molar-refractivity contribution in [1.82, 2.24) is 19.4 Å². The molecular weight excluding hydrogens is 414 g/mol. The van der Waals surface area contributed by atoms with Crippen LogP contribution in [0.4, 0.5) is 5.82 Å². The number of hydrogen-bond donors (Lipinski definition) is 1. The summed E-state index contributed by atoms with van der Waals surface area (Å²) in [6.45, 7) is 9.27. The molecule has 1 aromatic carbocycles. The molecule has 2 aliphatic heterocycles. The fraction of sp³-hybridized carbons (Fsp3) is 0.500. The zero-order chi connectivity index (χ0) is 22.7. The molecule has 7 nitrogen and oxygen atoms in total. The maximum absolute atomic E-state index is 12.4. The van der Waals surface area contributed by atoms with Crippen LogP contribution in [-0.4, -0.2) is 45.0 Å². The second kappa shape index (κ2) is 7.83. The Morgan fingerprint density at radius 2 is 2.00 bits per heavy atom. The highest BCUT2D eigenvalue weighted by molar-refractivity contribution is 5.89. The van der Waals surface area contributed by atoms with Gasteiger partial charge in [-0.2, -0.15) is 0 Å². The molecule has 1 saturated carbocycles. The van der Waals surface area contributed by atoms with Crippen LogP contribution in [0.25, 0.3) is 11.0 Å². The molecule has 172 valence electrons. The molecule has 3 aliphatic rings. The van der Waals surface area contributed by atoms with Gasteiger partial charge in [-0.05, 0) is 45.2 Å². The SMILES string of the molecule is Cc1cccc([C@@H](C)Nc2nc(C)nc3c2cc2n3CCOC2C2CN(C(=O)C3CC3)C2)c1. The number of fused-ring (bicyclic) bond motifs is 3. The average molecular weight is 446 g/mol. The number of likely N-dealkylation sites (tertiary alicyclic amines) is 1. The number of ether oxygens (including phenoxy) is 1.